The Balaban J connectivity index is 1.75. The van der Waals surface area contributed by atoms with Crippen LogP contribution in [-0.4, -0.2) is 67.0 Å². The van der Waals surface area contributed by atoms with Crippen LogP contribution in [0, 0.1) is 11.3 Å². The van der Waals surface area contributed by atoms with Gasteiger partial charge in [-0.15, -0.1) is 0 Å². The van der Waals surface area contributed by atoms with E-state index in [-0.39, 0.29) is 47.0 Å². The molecule has 12 nitrogen and oxygen atoms in total. The highest BCUT2D eigenvalue weighted by molar-refractivity contribution is 7.92. The zero-order valence-electron chi connectivity index (χ0n) is 22.2. The molecule has 3 aromatic carbocycles. The van der Waals surface area contributed by atoms with Crippen molar-refractivity contribution in [1.82, 2.24) is 9.97 Å². The van der Waals surface area contributed by atoms with E-state index in [2.05, 4.69) is 20.0 Å². The maximum absolute atomic E-state index is 13.3. The molecule has 4 rings (SSSR count). The lowest BCUT2D eigenvalue weighted by Gasteiger charge is -2.19. The van der Waals surface area contributed by atoms with E-state index in [0.717, 1.165) is 0 Å². The molecule has 0 aliphatic heterocycles. The first-order chi connectivity index (χ1) is 19.8. The van der Waals surface area contributed by atoms with Gasteiger partial charge in [-0.2, -0.15) is 5.26 Å². The summed E-state index contributed by atoms with van der Waals surface area (Å²) in [6.07, 6.45) is 0. The van der Waals surface area contributed by atoms with Crippen LogP contribution in [0.1, 0.15) is 5.56 Å². The van der Waals surface area contributed by atoms with Crippen LogP contribution >= 0.6 is 0 Å². The molecule has 0 radical (unpaired) electrons. The molecule has 1 atom stereocenters. The number of aromatic nitrogens is 2. The first kappa shape index (κ1) is 29.7. The summed E-state index contributed by atoms with van der Waals surface area (Å²) in [4.78, 5) is 9.04. The molecule has 1 heterocycles. The second-order valence-corrected chi connectivity index (χ2v) is 11.8. The summed E-state index contributed by atoms with van der Waals surface area (Å²) in [5.41, 5.74) is 1.57. The number of nitriles is 1. The Morgan fingerprint density at radius 2 is 1.68 bits per heavy atom. The minimum atomic E-state index is -4.12. The van der Waals surface area contributed by atoms with Crippen molar-refractivity contribution in [1.29, 1.82) is 5.26 Å². The van der Waals surface area contributed by atoms with Crippen molar-refractivity contribution < 1.29 is 32.3 Å². The average molecular weight is 598 g/mol. The van der Waals surface area contributed by atoms with Gasteiger partial charge in [-0.05, 0) is 47.6 Å². The van der Waals surface area contributed by atoms with Crippen molar-refractivity contribution in [2.24, 2.45) is 0 Å². The number of fused-ring (bicyclic) bond motifs is 1. The fraction of sp³-hybridized carbons (Fsp3) is 0.222. The van der Waals surface area contributed by atoms with Crippen LogP contribution in [-0.2, 0) is 21.2 Å². The van der Waals surface area contributed by atoms with Crippen LogP contribution in [0.4, 0.5) is 17.3 Å². The maximum atomic E-state index is 13.3. The van der Waals surface area contributed by atoms with Crippen molar-refractivity contribution in [3.05, 3.63) is 66.2 Å². The van der Waals surface area contributed by atoms with Gasteiger partial charge >= 0.3 is 0 Å². The third-order valence-corrected chi connectivity index (χ3v) is 8.32. The molecule has 0 spiro atoms. The highest BCUT2D eigenvalue weighted by Gasteiger charge is 2.22. The number of methoxy groups -OCH3 is 2. The lowest BCUT2D eigenvalue weighted by Crippen LogP contribution is -2.19. The van der Waals surface area contributed by atoms with E-state index in [1.54, 1.807) is 36.4 Å². The molecule has 0 saturated heterocycles. The zero-order chi connectivity index (χ0) is 29.4. The summed E-state index contributed by atoms with van der Waals surface area (Å²) in [5.74, 6) is 1.21. The van der Waals surface area contributed by atoms with Crippen molar-refractivity contribution in [3.8, 4) is 23.3 Å². The van der Waals surface area contributed by atoms with Gasteiger partial charge < -0.3 is 29.2 Å². The molecule has 1 aromatic heterocycles. The fourth-order valence-electron chi connectivity index (χ4n) is 3.71. The molecule has 0 amide bonds. The zero-order valence-corrected chi connectivity index (χ0v) is 23.8. The maximum Gasteiger partial charge on any atom is 0.263 e. The Morgan fingerprint density at radius 1 is 1.00 bits per heavy atom. The Morgan fingerprint density at radius 3 is 2.29 bits per heavy atom. The van der Waals surface area contributed by atoms with Crippen LogP contribution < -0.4 is 24.2 Å². The second kappa shape index (κ2) is 13.4. The molecule has 0 saturated carbocycles. The fourth-order valence-corrected chi connectivity index (χ4v) is 5.40. The normalized spacial score (nSPS) is 11.9. The number of aliphatic hydroxyl groups is 1. The summed E-state index contributed by atoms with van der Waals surface area (Å²) in [6.45, 7) is -0.154. The second-order valence-electron chi connectivity index (χ2n) is 8.40. The Hall–Kier alpha value is -4.29. The molecular weight excluding hydrogens is 570 g/mol. The van der Waals surface area contributed by atoms with Crippen molar-refractivity contribution in [3.63, 3.8) is 0 Å². The van der Waals surface area contributed by atoms with Crippen LogP contribution in [0.3, 0.4) is 0 Å². The van der Waals surface area contributed by atoms with Gasteiger partial charge in [0.1, 0.15) is 23.9 Å². The van der Waals surface area contributed by atoms with Crippen molar-refractivity contribution >= 4 is 49.6 Å². The first-order valence-electron chi connectivity index (χ1n) is 12.2. The van der Waals surface area contributed by atoms with Gasteiger partial charge in [-0.3, -0.25) is 4.72 Å². The highest BCUT2D eigenvalue weighted by atomic mass is 32.2. The van der Waals surface area contributed by atoms with Gasteiger partial charge in [0.2, 0.25) is 0 Å². The topological polar surface area (TPSA) is 179 Å². The minimum Gasteiger partial charge on any atom is -0.616 e. The van der Waals surface area contributed by atoms with Gasteiger partial charge in [-0.25, -0.2) is 18.4 Å². The van der Waals surface area contributed by atoms with Crippen LogP contribution in [0.5, 0.6) is 17.2 Å². The van der Waals surface area contributed by atoms with Gasteiger partial charge in [0, 0.05) is 12.1 Å². The quantitative estimate of drug-likeness (QED) is 0.193. The van der Waals surface area contributed by atoms with E-state index in [4.69, 9.17) is 24.6 Å². The average Bonchev–Trinajstić information content (AvgIpc) is 2.97. The number of sulfonamides is 1. The van der Waals surface area contributed by atoms with E-state index < -0.39 is 21.2 Å². The molecule has 14 heteroatoms. The largest absolute Gasteiger partial charge is 0.616 e. The highest BCUT2D eigenvalue weighted by Crippen LogP contribution is 2.42. The number of anilines is 3. The number of para-hydroxylation sites is 2. The molecule has 1 unspecified atom stereocenters. The van der Waals surface area contributed by atoms with Crippen molar-refractivity contribution in [2.45, 2.75) is 4.90 Å². The molecule has 0 aliphatic carbocycles. The Labute approximate surface area is 240 Å². The monoisotopic (exact) mass is 597 g/mol. The third kappa shape index (κ3) is 7.27. The van der Waals surface area contributed by atoms with Gasteiger partial charge in [-0.1, -0.05) is 12.1 Å². The lowest BCUT2D eigenvalue weighted by molar-refractivity contribution is 0.308. The number of hydrogen-bond donors (Lipinski definition) is 3. The standard InChI is InChI=1S/C27H27N5O7S2/c1-37-19-15-23(25(24(16-19)38-2)39-12-14-40(34)13-11-33)31-26-27(30-22-6-4-3-5-21(22)29-26)32-41(35,36)20-9-7-18(17-28)8-10-20/h3-10,15-16,33H,11-14H2,1-2H3,(H,29,31)(H,30,32). The molecule has 3 N–H and O–H groups in total. The van der Waals surface area contributed by atoms with Crippen LogP contribution in [0.2, 0.25) is 0 Å². The van der Waals surface area contributed by atoms with Gasteiger partial charge in [0.05, 0.1) is 54.1 Å². The Kier molecular flexibility index (Phi) is 9.69. The first-order valence-corrected chi connectivity index (χ1v) is 15.2. The SMILES string of the molecule is COc1cc(Nc2nc3ccccc3nc2NS(=O)(=O)c2ccc(C#N)cc2)c(OCC[S+]([O-])CCO)c(OC)c1. The molecule has 0 bridgehead atoms. The predicted octanol–water partition coefficient (Wildman–Crippen LogP) is 3.18. The molecule has 41 heavy (non-hydrogen) atoms. The number of nitrogens with one attached hydrogen (secondary N) is 2. The van der Waals surface area contributed by atoms with Crippen molar-refractivity contribution in [2.75, 3.05) is 49.0 Å². The van der Waals surface area contributed by atoms with E-state index in [1.165, 1.54) is 38.5 Å². The van der Waals surface area contributed by atoms with Crippen LogP contribution in [0.25, 0.3) is 11.0 Å². The third-order valence-electron chi connectivity index (χ3n) is 5.71. The van der Waals surface area contributed by atoms with E-state index in [1.807, 2.05) is 6.07 Å². The summed E-state index contributed by atoms with van der Waals surface area (Å²) < 4.78 is 57.9. The number of hydrogen-bond acceptors (Lipinski definition) is 11. The number of ether oxygens (including phenoxy) is 3. The summed E-state index contributed by atoms with van der Waals surface area (Å²) in [5, 5.41) is 21.2. The van der Waals surface area contributed by atoms with Crippen LogP contribution in [0.15, 0.2) is 65.6 Å². The summed E-state index contributed by atoms with van der Waals surface area (Å²) >= 11 is -1.28. The Bertz CT molecular complexity index is 1660. The smallest absolute Gasteiger partial charge is 0.263 e. The number of rotatable bonds is 13. The molecule has 4 aromatic rings. The molecule has 214 valence electrons. The lowest BCUT2D eigenvalue weighted by atomic mass is 10.2. The molecular formula is C27H27N5O7S2. The number of nitrogens with zero attached hydrogens (tertiary/aromatic N) is 3. The van der Waals surface area contributed by atoms with E-state index in [0.29, 0.717) is 33.8 Å². The van der Waals surface area contributed by atoms with Gasteiger partial charge in [0.15, 0.2) is 23.1 Å². The number of aliphatic hydroxyl groups excluding tert-OH is 1. The summed E-state index contributed by atoms with van der Waals surface area (Å²) in [7, 11) is -1.20. The van der Waals surface area contributed by atoms with E-state index in [9.17, 15) is 13.0 Å². The van der Waals surface area contributed by atoms with Gasteiger partial charge in [0.25, 0.3) is 10.0 Å². The summed E-state index contributed by atoms with van der Waals surface area (Å²) in [6, 6.07) is 17.6. The minimum absolute atomic E-state index is 0.0472. The van der Waals surface area contributed by atoms with E-state index >= 15 is 0 Å². The molecule has 0 fully saturated rings. The predicted molar refractivity (Wildman–Crippen MR) is 155 cm³/mol. The molecule has 0 aliphatic rings. The number of benzene rings is 3.